The molecule has 3 aliphatic rings. The summed E-state index contributed by atoms with van der Waals surface area (Å²) in [6.07, 6.45) is 9.59. The Balaban J connectivity index is 0.868. The number of pyridine rings is 1. The van der Waals surface area contributed by atoms with Crippen molar-refractivity contribution in [3.05, 3.63) is 220 Å². The summed E-state index contributed by atoms with van der Waals surface area (Å²) in [5.41, 5.74) is 16.9. The number of carbonyl (C=O) groups excluding carboxylic acids is 2. The second kappa shape index (κ2) is 19.0. The summed E-state index contributed by atoms with van der Waals surface area (Å²) in [7, 11) is 0. The zero-order valence-electron chi connectivity index (χ0n) is 42.0. The van der Waals surface area contributed by atoms with Crippen LogP contribution in [0.3, 0.4) is 0 Å². The number of ether oxygens (including phenoxy) is 1. The molecule has 0 saturated heterocycles. The second-order valence-corrected chi connectivity index (χ2v) is 21.9. The molecule has 2 fully saturated rings. The third-order valence-electron chi connectivity index (χ3n) is 16.5. The number of ketones is 2. The fourth-order valence-corrected chi connectivity index (χ4v) is 14.0. The summed E-state index contributed by atoms with van der Waals surface area (Å²) in [5, 5.41) is 2.18. The van der Waals surface area contributed by atoms with Gasteiger partial charge in [0.2, 0.25) is 0 Å². The number of aryl methyl sites for hydroxylation is 1. The SMILES string of the molecule is Cc1cc(-n2c3[c-]c(Oc4[c-]c(-n5[c](=[Pt])n(-c6c(-c7ccccc7)cc7c(c6-c6ccccc6)CC(=O)C6CC(=O)CC76)c6ccccc65)ccc4)ccc3c3ccccc32)ncc1-c1ccc(C2CCCCC2)cc1. The number of fused-ring (bicyclic) bond motifs is 7. The first-order valence-corrected chi connectivity index (χ1v) is 27.7. The van der Waals surface area contributed by atoms with Crippen molar-refractivity contribution in [2.75, 3.05) is 0 Å². The van der Waals surface area contributed by atoms with E-state index in [-0.39, 0.29) is 29.8 Å². The van der Waals surface area contributed by atoms with Gasteiger partial charge in [-0.2, -0.15) is 0 Å². The molecule has 0 radical (unpaired) electrons. The van der Waals surface area contributed by atoms with Crippen molar-refractivity contribution >= 4 is 44.4 Å². The predicted octanol–water partition coefficient (Wildman–Crippen LogP) is 15.9. The van der Waals surface area contributed by atoms with Crippen molar-refractivity contribution < 1.29 is 33.7 Å². The Kier molecular flexibility index (Phi) is 11.6. The number of hydrogen-bond acceptors (Lipinski definition) is 4. The van der Waals surface area contributed by atoms with Crippen molar-refractivity contribution in [2.24, 2.45) is 5.92 Å². The Morgan fingerprint density at radius 3 is 2.03 bits per heavy atom. The number of aromatic nitrogens is 4. The van der Waals surface area contributed by atoms with E-state index in [1.54, 1.807) is 0 Å². The molecule has 3 aromatic heterocycles. The second-order valence-electron chi connectivity index (χ2n) is 20.9. The molecule has 8 aromatic carbocycles. The molecule has 76 heavy (non-hydrogen) atoms. The average molecular weight is 1170 g/mol. The van der Waals surface area contributed by atoms with Crippen molar-refractivity contribution in [3.63, 3.8) is 0 Å². The molecule has 3 aliphatic carbocycles. The van der Waals surface area contributed by atoms with E-state index in [0.717, 1.165) is 98.3 Å². The molecule has 2 saturated carbocycles. The minimum Gasteiger partial charge on any atom is -0.0581 e. The van der Waals surface area contributed by atoms with Crippen LogP contribution in [0.1, 0.15) is 79.0 Å². The van der Waals surface area contributed by atoms with Crippen LogP contribution in [0.2, 0.25) is 0 Å². The van der Waals surface area contributed by atoms with E-state index in [1.165, 1.54) is 43.2 Å². The van der Waals surface area contributed by atoms with Gasteiger partial charge < -0.3 is 0 Å². The number of para-hydroxylation sites is 3. The predicted molar refractivity (Wildman–Crippen MR) is 298 cm³/mol. The smallest absolute Gasteiger partial charge is 0.0581 e. The zero-order valence-corrected chi connectivity index (χ0v) is 44.3. The average Bonchev–Trinajstić information content (AvgIpc) is 4.14. The van der Waals surface area contributed by atoms with Crippen LogP contribution < -0.4 is 4.74 Å². The van der Waals surface area contributed by atoms with Gasteiger partial charge in [-0.3, -0.25) is 0 Å². The van der Waals surface area contributed by atoms with Crippen LogP contribution in [0, 0.1) is 28.8 Å². The van der Waals surface area contributed by atoms with E-state index in [9.17, 15) is 9.59 Å². The first kappa shape index (κ1) is 46.5. The van der Waals surface area contributed by atoms with E-state index >= 15 is 0 Å². The third kappa shape index (κ3) is 7.89. The van der Waals surface area contributed by atoms with Crippen LogP contribution in [0.15, 0.2) is 182 Å². The van der Waals surface area contributed by atoms with Crippen molar-refractivity contribution in [3.8, 4) is 62.1 Å². The van der Waals surface area contributed by atoms with Crippen LogP contribution in [-0.2, 0) is 35.4 Å². The molecular formula is C68H52N4O3Pt-2. The molecule has 8 heteroatoms. The molecule has 3 heterocycles. The van der Waals surface area contributed by atoms with Crippen molar-refractivity contribution in [1.82, 2.24) is 18.7 Å². The molecule has 0 bridgehead atoms. The fraction of sp³-hybridized carbons (Fsp3) is 0.176. The standard InChI is InChI=1S/C68H52N4O3.Pt/c1-43-34-66(69-41-60(43)47-30-28-45(29-31-47)44-16-5-2-6-17-44)72-61-25-12-11-24-53(61)54-33-32-52(38-64(54)72)75-51-23-15-22-49(35-51)70-42-71(63-27-14-13-26-62(63)70)68-55(46-18-7-3-8-19-46)39-57-56-36-50(73)37-58(56)65(74)40-59(57)67(68)48-20-9-4-10-21-48;/h3-4,7-15,18-34,39,41,44,56,58H,2,5-6,16-17,36-37,40H2,1H3;/q-2;. The fourth-order valence-electron chi connectivity index (χ4n) is 12.9. The number of carbonyl (C=O) groups is 2. The van der Waals surface area contributed by atoms with Gasteiger partial charge in [-0.15, -0.1) is 0 Å². The maximum absolute atomic E-state index is 14.1. The van der Waals surface area contributed by atoms with Gasteiger partial charge in [0.15, 0.2) is 0 Å². The van der Waals surface area contributed by atoms with E-state index < -0.39 is 0 Å². The topological polar surface area (TPSA) is 71.1 Å². The number of imidazole rings is 1. The first-order chi connectivity index (χ1) is 37.3. The number of rotatable bonds is 9. The number of nitrogens with zero attached hydrogens (tertiary/aromatic N) is 4. The third-order valence-corrected chi connectivity index (χ3v) is 17.5. The molecule has 0 amide bonds. The van der Waals surface area contributed by atoms with Crippen LogP contribution in [0.5, 0.6) is 11.5 Å². The summed E-state index contributed by atoms with van der Waals surface area (Å²) < 4.78 is 14.5. The van der Waals surface area contributed by atoms with E-state index in [1.807, 2.05) is 36.5 Å². The quantitative estimate of drug-likeness (QED) is 0.135. The maximum atomic E-state index is 14.1. The monoisotopic (exact) mass is 1170 g/mol. The molecule has 2 atom stereocenters. The van der Waals surface area contributed by atoms with Crippen molar-refractivity contribution in [2.45, 2.75) is 70.1 Å². The summed E-state index contributed by atoms with van der Waals surface area (Å²) in [5.74, 6) is 2.50. The molecular weight excluding hydrogens is 1120 g/mol. The number of benzene rings is 8. The van der Waals surface area contributed by atoms with Gasteiger partial charge in [0.25, 0.3) is 0 Å². The Hall–Kier alpha value is -7.99. The molecule has 2 unspecified atom stereocenters. The minimum atomic E-state index is -0.277. The van der Waals surface area contributed by atoms with Gasteiger partial charge in [-0.25, -0.2) is 0 Å². The normalized spacial score (nSPS) is 16.7. The Labute approximate surface area is 452 Å². The van der Waals surface area contributed by atoms with Gasteiger partial charge in [-0.1, -0.05) is 55.7 Å². The number of Topliss-reactive ketones (excluding diaryl/α,β-unsaturated/α-hetero) is 2. The van der Waals surface area contributed by atoms with Gasteiger partial charge in [0.05, 0.1) is 0 Å². The number of hydrogen-bond donors (Lipinski definition) is 0. The summed E-state index contributed by atoms with van der Waals surface area (Å²) in [6.45, 7) is 2.18. The molecule has 0 N–H and O–H groups in total. The van der Waals surface area contributed by atoms with Crippen LogP contribution in [0.25, 0.3) is 83.4 Å². The van der Waals surface area contributed by atoms with Crippen LogP contribution >= 0.6 is 0 Å². The zero-order chi connectivity index (χ0) is 51.0. The molecule has 0 spiro atoms. The van der Waals surface area contributed by atoms with E-state index in [0.29, 0.717) is 30.3 Å². The molecule has 11 aromatic rings. The summed E-state index contributed by atoms with van der Waals surface area (Å²) in [4.78, 5) is 32.3. The Morgan fingerprint density at radius 2 is 1.26 bits per heavy atom. The molecule has 374 valence electrons. The Morgan fingerprint density at radius 1 is 0.592 bits per heavy atom. The summed E-state index contributed by atoms with van der Waals surface area (Å²) >= 11 is 2.45. The Bertz CT molecular complexity index is 4180. The molecule has 14 rings (SSSR count). The minimum absolute atomic E-state index is 0.140. The van der Waals surface area contributed by atoms with E-state index in [2.05, 4.69) is 198 Å². The van der Waals surface area contributed by atoms with Gasteiger partial charge in [0.1, 0.15) is 0 Å². The van der Waals surface area contributed by atoms with Gasteiger partial charge in [0, 0.05) is 11.8 Å². The molecule has 0 aliphatic heterocycles. The van der Waals surface area contributed by atoms with Crippen molar-refractivity contribution in [1.29, 1.82) is 0 Å². The van der Waals surface area contributed by atoms with Gasteiger partial charge >= 0.3 is 345 Å². The first-order valence-electron chi connectivity index (χ1n) is 26.6. The van der Waals surface area contributed by atoms with E-state index in [4.69, 9.17) is 9.72 Å². The van der Waals surface area contributed by atoms with Gasteiger partial charge in [-0.05, 0) is 42.4 Å². The molecule has 7 nitrogen and oxygen atoms in total. The summed E-state index contributed by atoms with van der Waals surface area (Å²) in [6, 6.07) is 69.0. The van der Waals surface area contributed by atoms with Crippen LogP contribution in [-0.4, -0.2) is 30.3 Å². The van der Waals surface area contributed by atoms with Crippen LogP contribution in [0.4, 0.5) is 0 Å².